The van der Waals surface area contributed by atoms with E-state index >= 15 is 0 Å². The van der Waals surface area contributed by atoms with Gasteiger partial charge in [-0.2, -0.15) is 0 Å². The molecule has 1 aromatic carbocycles. The van der Waals surface area contributed by atoms with Gasteiger partial charge in [-0.15, -0.1) is 0 Å². The molecule has 1 heterocycles. The molecule has 1 aliphatic heterocycles. The van der Waals surface area contributed by atoms with Crippen LogP contribution in [0.15, 0.2) is 24.3 Å². The van der Waals surface area contributed by atoms with Gasteiger partial charge >= 0.3 is 0 Å². The number of hydrogen-bond acceptors (Lipinski definition) is 3. The molecule has 4 heteroatoms. The summed E-state index contributed by atoms with van der Waals surface area (Å²) in [5.74, 6) is 0.114. The van der Waals surface area contributed by atoms with Crippen LogP contribution in [0, 0.1) is 0 Å². The molecule has 0 aliphatic carbocycles. The Balaban J connectivity index is 1.83. The van der Waals surface area contributed by atoms with Crippen LogP contribution in [0.5, 0.6) is 0 Å². The fourth-order valence-electron chi connectivity index (χ4n) is 2.86. The first-order valence-electron chi connectivity index (χ1n) is 8.60. The van der Waals surface area contributed by atoms with E-state index in [2.05, 4.69) is 41.1 Å². The molecule has 1 amide bonds. The Morgan fingerprint density at radius 2 is 1.73 bits per heavy atom. The SMILES string of the molecule is CCCCC(=O)Nc1ccc(N2CCN(CCC)CC2)cc1. The van der Waals surface area contributed by atoms with Crippen LogP contribution in [0.2, 0.25) is 0 Å². The number of hydrogen-bond donors (Lipinski definition) is 1. The Morgan fingerprint density at radius 1 is 1.05 bits per heavy atom. The van der Waals surface area contributed by atoms with Gasteiger partial charge in [-0.25, -0.2) is 0 Å². The maximum atomic E-state index is 11.7. The van der Waals surface area contributed by atoms with Gasteiger partial charge in [-0.05, 0) is 43.7 Å². The smallest absolute Gasteiger partial charge is 0.224 e. The van der Waals surface area contributed by atoms with E-state index in [1.165, 1.54) is 18.7 Å². The zero-order valence-corrected chi connectivity index (χ0v) is 14.0. The molecule has 22 heavy (non-hydrogen) atoms. The van der Waals surface area contributed by atoms with Crippen molar-refractivity contribution in [2.75, 3.05) is 42.9 Å². The van der Waals surface area contributed by atoms with Gasteiger partial charge in [0.2, 0.25) is 5.91 Å². The fourth-order valence-corrected chi connectivity index (χ4v) is 2.86. The largest absolute Gasteiger partial charge is 0.369 e. The summed E-state index contributed by atoms with van der Waals surface area (Å²) in [5.41, 5.74) is 2.15. The van der Waals surface area contributed by atoms with Crippen LogP contribution in [0.1, 0.15) is 39.5 Å². The van der Waals surface area contributed by atoms with Gasteiger partial charge in [0, 0.05) is 44.0 Å². The molecule has 2 rings (SSSR count). The molecule has 1 N–H and O–H groups in total. The highest BCUT2D eigenvalue weighted by Crippen LogP contribution is 2.19. The van der Waals surface area contributed by atoms with Crippen LogP contribution in [0.25, 0.3) is 0 Å². The minimum Gasteiger partial charge on any atom is -0.369 e. The van der Waals surface area contributed by atoms with Gasteiger partial charge < -0.3 is 10.2 Å². The van der Waals surface area contributed by atoms with E-state index in [1.807, 2.05) is 12.1 Å². The Kier molecular flexibility index (Phi) is 6.72. The van der Waals surface area contributed by atoms with E-state index in [4.69, 9.17) is 0 Å². The topological polar surface area (TPSA) is 35.6 Å². The lowest BCUT2D eigenvalue weighted by Gasteiger charge is -2.36. The summed E-state index contributed by atoms with van der Waals surface area (Å²) in [4.78, 5) is 16.7. The monoisotopic (exact) mass is 303 g/mol. The molecule has 1 aliphatic rings. The molecule has 0 radical (unpaired) electrons. The first kappa shape index (κ1) is 16.8. The molecule has 0 unspecified atom stereocenters. The number of carbonyl (C=O) groups excluding carboxylic acids is 1. The van der Waals surface area contributed by atoms with Gasteiger partial charge in [-0.1, -0.05) is 20.3 Å². The summed E-state index contributed by atoms with van der Waals surface area (Å²) in [5, 5.41) is 2.96. The predicted molar refractivity (Wildman–Crippen MR) is 93.5 cm³/mol. The summed E-state index contributed by atoms with van der Waals surface area (Å²) in [6.45, 7) is 10.00. The maximum Gasteiger partial charge on any atom is 0.224 e. The zero-order valence-electron chi connectivity index (χ0n) is 14.0. The van der Waals surface area contributed by atoms with Crippen LogP contribution in [0.3, 0.4) is 0 Å². The molecule has 0 bridgehead atoms. The Hall–Kier alpha value is -1.55. The molecular formula is C18H29N3O. The van der Waals surface area contributed by atoms with Crippen molar-refractivity contribution >= 4 is 17.3 Å². The highest BCUT2D eigenvalue weighted by Gasteiger charge is 2.16. The van der Waals surface area contributed by atoms with Crippen molar-refractivity contribution in [1.82, 2.24) is 4.90 Å². The summed E-state index contributed by atoms with van der Waals surface area (Å²) in [7, 11) is 0. The maximum absolute atomic E-state index is 11.7. The van der Waals surface area contributed by atoms with E-state index in [0.717, 1.165) is 44.7 Å². The van der Waals surface area contributed by atoms with Gasteiger partial charge in [0.15, 0.2) is 0 Å². The van der Waals surface area contributed by atoms with Crippen molar-refractivity contribution in [3.05, 3.63) is 24.3 Å². The molecule has 122 valence electrons. The first-order valence-corrected chi connectivity index (χ1v) is 8.60. The molecule has 4 nitrogen and oxygen atoms in total. The van der Waals surface area contributed by atoms with E-state index in [0.29, 0.717) is 6.42 Å². The fraction of sp³-hybridized carbons (Fsp3) is 0.611. The highest BCUT2D eigenvalue weighted by molar-refractivity contribution is 5.90. The Labute approximate surface area is 134 Å². The predicted octanol–water partition coefficient (Wildman–Crippen LogP) is 3.35. The minimum absolute atomic E-state index is 0.114. The number of benzene rings is 1. The molecule has 0 saturated carbocycles. The Morgan fingerprint density at radius 3 is 2.32 bits per heavy atom. The van der Waals surface area contributed by atoms with E-state index < -0.39 is 0 Å². The number of amides is 1. The lowest BCUT2D eigenvalue weighted by atomic mass is 10.2. The van der Waals surface area contributed by atoms with Crippen LogP contribution < -0.4 is 10.2 Å². The van der Waals surface area contributed by atoms with Gasteiger partial charge in [0.25, 0.3) is 0 Å². The van der Waals surface area contributed by atoms with Crippen molar-refractivity contribution < 1.29 is 4.79 Å². The third-order valence-corrected chi connectivity index (χ3v) is 4.19. The molecule has 0 aromatic heterocycles. The summed E-state index contributed by atoms with van der Waals surface area (Å²) >= 11 is 0. The number of nitrogens with zero attached hydrogens (tertiary/aromatic N) is 2. The van der Waals surface area contributed by atoms with Crippen molar-refractivity contribution in [3.63, 3.8) is 0 Å². The van der Waals surface area contributed by atoms with Crippen molar-refractivity contribution in [2.24, 2.45) is 0 Å². The van der Waals surface area contributed by atoms with E-state index in [-0.39, 0.29) is 5.91 Å². The second kappa shape index (κ2) is 8.79. The molecule has 1 aromatic rings. The third kappa shape index (κ3) is 5.02. The molecule has 0 spiro atoms. The molecule has 1 saturated heterocycles. The second-order valence-electron chi connectivity index (χ2n) is 6.03. The third-order valence-electron chi connectivity index (χ3n) is 4.19. The lowest BCUT2D eigenvalue weighted by molar-refractivity contribution is -0.116. The van der Waals surface area contributed by atoms with Crippen molar-refractivity contribution in [2.45, 2.75) is 39.5 Å². The Bertz CT molecular complexity index is 450. The minimum atomic E-state index is 0.114. The van der Waals surface area contributed by atoms with Crippen molar-refractivity contribution in [3.8, 4) is 0 Å². The quantitative estimate of drug-likeness (QED) is 0.839. The molecule has 1 fully saturated rings. The van der Waals surface area contributed by atoms with E-state index in [9.17, 15) is 4.79 Å². The van der Waals surface area contributed by atoms with Gasteiger partial charge in [0.1, 0.15) is 0 Å². The van der Waals surface area contributed by atoms with Crippen LogP contribution >= 0.6 is 0 Å². The summed E-state index contributed by atoms with van der Waals surface area (Å²) in [6, 6.07) is 8.25. The lowest BCUT2D eigenvalue weighted by Crippen LogP contribution is -2.46. The highest BCUT2D eigenvalue weighted by atomic mass is 16.1. The van der Waals surface area contributed by atoms with Crippen LogP contribution in [-0.4, -0.2) is 43.5 Å². The summed E-state index contributed by atoms with van der Waals surface area (Å²) in [6.07, 6.45) is 3.84. The van der Waals surface area contributed by atoms with E-state index in [1.54, 1.807) is 0 Å². The average Bonchev–Trinajstić information content (AvgIpc) is 2.55. The normalized spacial score (nSPS) is 15.8. The standard InChI is InChI=1S/C18H29N3O/c1-3-5-6-18(22)19-16-7-9-17(10-8-16)21-14-12-20(11-4-2)13-15-21/h7-10H,3-6,11-15H2,1-2H3,(H,19,22). The number of rotatable bonds is 7. The number of carbonyl (C=O) groups is 1. The number of unbranched alkanes of at least 4 members (excludes halogenated alkanes) is 1. The van der Waals surface area contributed by atoms with Gasteiger partial charge in [-0.3, -0.25) is 9.69 Å². The first-order chi connectivity index (χ1) is 10.7. The molecule has 0 atom stereocenters. The number of piperazine rings is 1. The van der Waals surface area contributed by atoms with Crippen LogP contribution in [0.4, 0.5) is 11.4 Å². The van der Waals surface area contributed by atoms with Crippen molar-refractivity contribution in [1.29, 1.82) is 0 Å². The van der Waals surface area contributed by atoms with Crippen LogP contribution in [-0.2, 0) is 4.79 Å². The average molecular weight is 303 g/mol. The number of anilines is 2. The second-order valence-corrected chi connectivity index (χ2v) is 6.03. The zero-order chi connectivity index (χ0) is 15.8. The number of nitrogens with one attached hydrogen (secondary N) is 1. The van der Waals surface area contributed by atoms with Gasteiger partial charge in [0.05, 0.1) is 0 Å². The molecular weight excluding hydrogens is 274 g/mol. The summed E-state index contributed by atoms with van der Waals surface area (Å²) < 4.78 is 0.